The highest BCUT2D eigenvalue weighted by molar-refractivity contribution is 6.30. The van der Waals surface area contributed by atoms with Gasteiger partial charge < -0.3 is 10.3 Å². The van der Waals surface area contributed by atoms with Crippen molar-refractivity contribution in [1.82, 2.24) is 14.1 Å². The molecule has 0 saturated heterocycles. The van der Waals surface area contributed by atoms with Crippen molar-refractivity contribution >= 4 is 34.2 Å². The number of nitrogens with one attached hydrogen (secondary N) is 2. The number of nitrogens with zero attached hydrogens (tertiary/aromatic N) is 2. The van der Waals surface area contributed by atoms with E-state index in [4.69, 9.17) is 11.6 Å². The van der Waals surface area contributed by atoms with E-state index in [-0.39, 0.29) is 5.91 Å². The van der Waals surface area contributed by atoms with Gasteiger partial charge in [0.2, 0.25) is 5.91 Å². The molecular formula is C22H17ClN4O3. The number of fused-ring (bicyclic) bond motifs is 2. The third kappa shape index (κ3) is 2.48. The first kappa shape index (κ1) is 18.4. The van der Waals surface area contributed by atoms with Crippen LogP contribution in [-0.2, 0) is 18.9 Å². The molecule has 0 spiro atoms. The highest BCUT2D eigenvalue weighted by Crippen LogP contribution is 2.43. The van der Waals surface area contributed by atoms with E-state index < -0.39 is 17.2 Å². The number of H-pyrrole nitrogens is 1. The molecule has 30 heavy (non-hydrogen) atoms. The summed E-state index contributed by atoms with van der Waals surface area (Å²) in [4.78, 5) is 41.9. The van der Waals surface area contributed by atoms with Gasteiger partial charge in [-0.25, -0.2) is 4.79 Å². The van der Waals surface area contributed by atoms with Crippen molar-refractivity contribution in [2.75, 3.05) is 5.32 Å². The smallest absolute Gasteiger partial charge is 0.332 e. The van der Waals surface area contributed by atoms with E-state index in [0.717, 1.165) is 15.7 Å². The highest BCUT2D eigenvalue weighted by atomic mass is 35.5. The molecule has 0 aliphatic carbocycles. The lowest BCUT2D eigenvalue weighted by Crippen LogP contribution is -2.37. The number of anilines is 1. The monoisotopic (exact) mass is 420 g/mol. The Morgan fingerprint density at radius 3 is 2.37 bits per heavy atom. The number of carbonyl (C=O) groups is 1. The maximum Gasteiger partial charge on any atom is 0.332 e. The van der Waals surface area contributed by atoms with Crippen LogP contribution < -0.4 is 16.6 Å². The fourth-order valence-corrected chi connectivity index (χ4v) is 4.30. The highest BCUT2D eigenvalue weighted by Gasteiger charge is 2.37. The topological polar surface area (TPSA) is 88.9 Å². The lowest BCUT2D eigenvalue weighted by molar-refractivity contribution is -0.116. The zero-order valence-corrected chi connectivity index (χ0v) is 16.9. The molecule has 8 heteroatoms. The Bertz CT molecular complexity index is 1460. The maximum absolute atomic E-state index is 13.2. The number of aryl methyl sites for hydroxylation is 1. The number of hydrogen-bond donors (Lipinski definition) is 2. The fraction of sp³-hybridized carbons (Fsp3) is 0.136. The summed E-state index contributed by atoms with van der Waals surface area (Å²) in [6.07, 6.45) is 0. The number of halogens is 1. The van der Waals surface area contributed by atoms with Crippen LogP contribution in [-0.4, -0.2) is 20.0 Å². The number of hydrogen-bond acceptors (Lipinski definition) is 3. The predicted molar refractivity (Wildman–Crippen MR) is 116 cm³/mol. The first-order valence-corrected chi connectivity index (χ1v) is 9.73. The lowest BCUT2D eigenvalue weighted by Gasteiger charge is -2.12. The van der Waals surface area contributed by atoms with Crippen LogP contribution >= 0.6 is 11.6 Å². The molecule has 4 aromatic rings. The molecule has 1 aliphatic heterocycles. The Morgan fingerprint density at radius 2 is 1.63 bits per heavy atom. The van der Waals surface area contributed by atoms with Gasteiger partial charge in [-0.05, 0) is 29.3 Å². The summed E-state index contributed by atoms with van der Waals surface area (Å²) in [6.45, 7) is 0. The number of benzene rings is 2. The molecular weight excluding hydrogens is 404 g/mol. The third-order valence-electron chi connectivity index (χ3n) is 5.66. The molecule has 0 saturated carbocycles. The molecule has 0 fully saturated rings. The molecule has 2 N–H and O–H groups in total. The molecule has 2 aromatic carbocycles. The summed E-state index contributed by atoms with van der Waals surface area (Å²) in [6, 6.07) is 14.5. The van der Waals surface area contributed by atoms with Crippen LogP contribution in [0.4, 0.5) is 5.69 Å². The summed E-state index contributed by atoms with van der Waals surface area (Å²) in [5.74, 6) is -0.908. The average Bonchev–Trinajstić information content (AvgIpc) is 3.28. The van der Waals surface area contributed by atoms with E-state index in [0.29, 0.717) is 33.0 Å². The minimum Gasteiger partial charge on any atom is -0.340 e. The second kappa shape index (κ2) is 6.47. The van der Waals surface area contributed by atoms with Crippen LogP contribution in [0.1, 0.15) is 17.0 Å². The number of aromatic amines is 1. The number of amides is 1. The van der Waals surface area contributed by atoms with Gasteiger partial charge in [0.25, 0.3) is 5.56 Å². The minimum atomic E-state index is -0.689. The summed E-state index contributed by atoms with van der Waals surface area (Å²) in [5, 5.41) is 3.79. The Hall–Kier alpha value is -3.58. The average molecular weight is 421 g/mol. The van der Waals surface area contributed by atoms with Gasteiger partial charge >= 0.3 is 5.69 Å². The summed E-state index contributed by atoms with van der Waals surface area (Å²) in [7, 11) is 3.03. The summed E-state index contributed by atoms with van der Waals surface area (Å²) in [5.41, 5.74) is 2.90. The number of carbonyl (C=O) groups excluding carboxylic acids is 1. The molecule has 1 aliphatic rings. The lowest BCUT2D eigenvalue weighted by atomic mass is 9.89. The van der Waals surface area contributed by atoms with E-state index in [1.54, 1.807) is 19.2 Å². The molecule has 1 amide bonds. The van der Waals surface area contributed by atoms with Crippen LogP contribution in [0.2, 0.25) is 5.02 Å². The van der Waals surface area contributed by atoms with E-state index in [1.807, 2.05) is 36.4 Å². The summed E-state index contributed by atoms with van der Waals surface area (Å²) < 4.78 is 2.45. The van der Waals surface area contributed by atoms with Gasteiger partial charge in [-0.15, -0.1) is 0 Å². The van der Waals surface area contributed by atoms with Crippen LogP contribution in [0, 0.1) is 0 Å². The van der Waals surface area contributed by atoms with Crippen molar-refractivity contribution in [3.63, 3.8) is 0 Å². The molecule has 3 heterocycles. The Morgan fingerprint density at radius 1 is 0.933 bits per heavy atom. The molecule has 0 bridgehead atoms. The minimum absolute atomic E-state index is 0.219. The number of rotatable bonds is 2. The van der Waals surface area contributed by atoms with Crippen LogP contribution in [0.3, 0.4) is 0 Å². The molecule has 2 aromatic heterocycles. The van der Waals surface area contributed by atoms with Crippen molar-refractivity contribution in [3.8, 4) is 11.3 Å². The zero-order valence-electron chi connectivity index (χ0n) is 16.2. The Labute approximate surface area is 175 Å². The number of aromatic nitrogens is 3. The van der Waals surface area contributed by atoms with Gasteiger partial charge in [0.05, 0.1) is 17.0 Å². The van der Waals surface area contributed by atoms with Gasteiger partial charge in [-0.2, -0.15) is 0 Å². The van der Waals surface area contributed by atoms with Crippen LogP contribution in [0.5, 0.6) is 0 Å². The quantitative estimate of drug-likeness (QED) is 0.522. The van der Waals surface area contributed by atoms with Crippen LogP contribution in [0.15, 0.2) is 58.1 Å². The Kier molecular flexibility index (Phi) is 3.98. The van der Waals surface area contributed by atoms with Gasteiger partial charge in [-0.1, -0.05) is 41.9 Å². The zero-order chi connectivity index (χ0) is 21.2. The van der Waals surface area contributed by atoms with E-state index in [2.05, 4.69) is 10.3 Å². The van der Waals surface area contributed by atoms with Crippen molar-refractivity contribution in [3.05, 3.63) is 85.5 Å². The molecule has 1 atom stereocenters. The molecule has 5 rings (SSSR count). The van der Waals surface area contributed by atoms with Crippen LogP contribution in [0.25, 0.3) is 22.3 Å². The van der Waals surface area contributed by atoms with Gasteiger partial charge in [0.1, 0.15) is 5.65 Å². The third-order valence-corrected chi connectivity index (χ3v) is 5.91. The predicted octanol–water partition coefficient (Wildman–Crippen LogP) is 2.97. The van der Waals surface area contributed by atoms with Crippen molar-refractivity contribution < 1.29 is 4.79 Å². The van der Waals surface area contributed by atoms with Gasteiger partial charge in [0.15, 0.2) is 0 Å². The van der Waals surface area contributed by atoms with Crippen molar-refractivity contribution in [2.45, 2.75) is 5.92 Å². The second-order valence-corrected chi connectivity index (χ2v) is 7.80. The van der Waals surface area contributed by atoms with Crippen molar-refractivity contribution in [2.24, 2.45) is 14.1 Å². The maximum atomic E-state index is 13.2. The summed E-state index contributed by atoms with van der Waals surface area (Å²) >= 11 is 6.05. The largest absolute Gasteiger partial charge is 0.340 e. The SMILES string of the molecule is Cn1c(=O)c2c([C@@H]3C(=O)Nc4ccccc43)c(-c3ccc(Cl)cc3)[nH]c2n(C)c1=O. The van der Waals surface area contributed by atoms with E-state index in [1.165, 1.54) is 11.6 Å². The standard InChI is InChI=1S/C22H17ClN4O3/c1-26-19-17(21(29)27(2)22(26)30)16(18(25-19)11-7-9-12(23)10-8-11)15-13-5-3-4-6-14(13)24-20(15)28/h3-10,15,25H,1-2H3,(H,24,28)/t15-/m1/s1. The van der Waals surface area contributed by atoms with Gasteiger partial charge in [0, 0.05) is 30.4 Å². The van der Waals surface area contributed by atoms with E-state index >= 15 is 0 Å². The fourth-order valence-electron chi connectivity index (χ4n) is 4.17. The first-order chi connectivity index (χ1) is 14.4. The second-order valence-electron chi connectivity index (χ2n) is 7.36. The normalized spacial score (nSPS) is 15.4. The van der Waals surface area contributed by atoms with Gasteiger partial charge in [-0.3, -0.25) is 18.7 Å². The van der Waals surface area contributed by atoms with E-state index in [9.17, 15) is 14.4 Å². The van der Waals surface area contributed by atoms with Crippen molar-refractivity contribution in [1.29, 1.82) is 0 Å². The molecule has 0 unspecified atom stereocenters. The molecule has 150 valence electrons. The molecule has 7 nitrogen and oxygen atoms in total. The number of para-hydroxylation sites is 1. The first-order valence-electron chi connectivity index (χ1n) is 9.35. The molecule has 0 radical (unpaired) electrons. The Balaban J connectivity index is 1.94.